The van der Waals surface area contributed by atoms with Crippen molar-refractivity contribution in [1.29, 1.82) is 0 Å². The van der Waals surface area contributed by atoms with Crippen LogP contribution in [0.25, 0.3) is 0 Å². The minimum atomic E-state index is -1.41. The molecule has 0 saturated carbocycles. The molecule has 25 heavy (non-hydrogen) atoms. The minimum Gasteiger partial charge on any atom is -0.481 e. The molecule has 0 fully saturated rings. The summed E-state index contributed by atoms with van der Waals surface area (Å²) in [6, 6.07) is -3.55. The van der Waals surface area contributed by atoms with Crippen LogP contribution in [-0.2, 0) is 19.2 Å². The number of carbonyl (C=O) groups excluding carboxylic acids is 2. The zero-order valence-electron chi connectivity index (χ0n) is 15.3. The van der Waals surface area contributed by atoms with Crippen LogP contribution >= 0.6 is 0 Å². The quantitative estimate of drug-likeness (QED) is 0.385. The molecular formula is C16H29N3O6. The van der Waals surface area contributed by atoms with Crippen LogP contribution in [0.5, 0.6) is 0 Å². The van der Waals surface area contributed by atoms with Crippen molar-refractivity contribution in [3.8, 4) is 0 Å². The number of carboxylic acids is 2. The lowest BCUT2D eigenvalue weighted by molar-refractivity contribution is -0.144. The van der Waals surface area contributed by atoms with E-state index in [0.29, 0.717) is 6.42 Å². The van der Waals surface area contributed by atoms with Gasteiger partial charge in [0.1, 0.15) is 12.1 Å². The van der Waals surface area contributed by atoms with Gasteiger partial charge in [-0.25, -0.2) is 4.79 Å². The van der Waals surface area contributed by atoms with Gasteiger partial charge in [0.15, 0.2) is 0 Å². The van der Waals surface area contributed by atoms with Gasteiger partial charge in [0, 0.05) is 0 Å². The summed E-state index contributed by atoms with van der Waals surface area (Å²) in [4.78, 5) is 46.8. The van der Waals surface area contributed by atoms with Crippen LogP contribution in [-0.4, -0.2) is 52.1 Å². The van der Waals surface area contributed by atoms with E-state index in [0.717, 1.165) is 0 Å². The van der Waals surface area contributed by atoms with E-state index in [4.69, 9.17) is 10.8 Å². The average Bonchev–Trinajstić information content (AvgIpc) is 2.48. The van der Waals surface area contributed by atoms with Crippen LogP contribution in [0.3, 0.4) is 0 Å². The fourth-order valence-corrected chi connectivity index (χ4v) is 1.98. The number of carboxylic acid groups (broad SMARTS) is 2. The number of carbonyl (C=O) groups is 4. The van der Waals surface area contributed by atoms with Crippen molar-refractivity contribution in [2.75, 3.05) is 0 Å². The van der Waals surface area contributed by atoms with Crippen molar-refractivity contribution in [1.82, 2.24) is 10.6 Å². The SMILES string of the molecule is CC[C@H](C)[C@H](NC(=O)[C@H](CC(=O)O)NC(=O)[C@@H](N)C(C)(C)C)C(=O)O. The second-order valence-electron chi connectivity index (χ2n) is 7.21. The highest BCUT2D eigenvalue weighted by molar-refractivity contribution is 5.94. The first-order valence-corrected chi connectivity index (χ1v) is 8.12. The van der Waals surface area contributed by atoms with Gasteiger partial charge in [-0.05, 0) is 11.3 Å². The van der Waals surface area contributed by atoms with Crippen molar-refractivity contribution >= 4 is 23.8 Å². The first kappa shape index (κ1) is 22.8. The molecule has 0 bridgehead atoms. The predicted molar refractivity (Wildman–Crippen MR) is 90.6 cm³/mol. The van der Waals surface area contributed by atoms with Crippen LogP contribution in [0.1, 0.15) is 47.5 Å². The summed E-state index contributed by atoms with van der Waals surface area (Å²) in [5.41, 5.74) is 5.22. The van der Waals surface area contributed by atoms with Gasteiger partial charge in [-0.3, -0.25) is 14.4 Å². The molecule has 0 aromatic rings. The van der Waals surface area contributed by atoms with E-state index < -0.39 is 53.7 Å². The molecule has 0 aromatic carbocycles. The summed E-state index contributed by atoms with van der Waals surface area (Å²) in [5, 5.41) is 22.8. The molecule has 0 aliphatic carbocycles. The highest BCUT2D eigenvalue weighted by Gasteiger charge is 2.34. The van der Waals surface area contributed by atoms with Crippen molar-refractivity contribution in [2.24, 2.45) is 17.1 Å². The Morgan fingerprint density at radius 1 is 1.04 bits per heavy atom. The molecule has 0 aliphatic heterocycles. The van der Waals surface area contributed by atoms with Crippen LogP contribution in [0.2, 0.25) is 0 Å². The predicted octanol–water partition coefficient (Wildman–Crippen LogP) is -0.0652. The molecule has 4 atom stereocenters. The molecule has 9 heteroatoms. The van der Waals surface area contributed by atoms with Gasteiger partial charge in [0.25, 0.3) is 0 Å². The number of hydrogen-bond acceptors (Lipinski definition) is 5. The van der Waals surface area contributed by atoms with Gasteiger partial charge >= 0.3 is 11.9 Å². The zero-order chi connectivity index (χ0) is 19.9. The van der Waals surface area contributed by atoms with E-state index in [1.165, 1.54) is 0 Å². The van der Waals surface area contributed by atoms with Crippen molar-refractivity contribution < 1.29 is 29.4 Å². The van der Waals surface area contributed by atoms with Crippen molar-refractivity contribution in [3.63, 3.8) is 0 Å². The molecule has 9 nitrogen and oxygen atoms in total. The minimum absolute atomic E-state index is 0.362. The Morgan fingerprint density at radius 2 is 1.56 bits per heavy atom. The third-order valence-corrected chi connectivity index (χ3v) is 4.00. The zero-order valence-corrected chi connectivity index (χ0v) is 15.3. The number of aliphatic carboxylic acids is 2. The lowest BCUT2D eigenvalue weighted by atomic mass is 9.86. The van der Waals surface area contributed by atoms with E-state index >= 15 is 0 Å². The number of rotatable bonds is 9. The summed E-state index contributed by atoms with van der Waals surface area (Å²) in [6.45, 7) is 8.61. The van der Waals surface area contributed by atoms with Crippen molar-refractivity contribution in [2.45, 2.75) is 65.6 Å². The van der Waals surface area contributed by atoms with Gasteiger partial charge in [-0.2, -0.15) is 0 Å². The molecule has 144 valence electrons. The fourth-order valence-electron chi connectivity index (χ4n) is 1.98. The normalized spacial score (nSPS) is 16.2. The van der Waals surface area contributed by atoms with E-state index in [1.807, 2.05) is 0 Å². The molecule has 6 N–H and O–H groups in total. The van der Waals surface area contributed by atoms with E-state index in [9.17, 15) is 24.3 Å². The molecule has 0 spiro atoms. The lowest BCUT2D eigenvalue weighted by Gasteiger charge is -2.28. The number of nitrogens with one attached hydrogen (secondary N) is 2. The highest BCUT2D eigenvalue weighted by atomic mass is 16.4. The first-order chi connectivity index (χ1) is 11.3. The third-order valence-electron chi connectivity index (χ3n) is 4.00. The van der Waals surface area contributed by atoms with Gasteiger partial charge in [-0.15, -0.1) is 0 Å². The molecule has 0 radical (unpaired) electrons. The first-order valence-electron chi connectivity index (χ1n) is 8.12. The molecule has 0 unspecified atom stereocenters. The maximum absolute atomic E-state index is 12.3. The monoisotopic (exact) mass is 359 g/mol. The Balaban J connectivity index is 5.25. The number of hydrogen-bond donors (Lipinski definition) is 5. The smallest absolute Gasteiger partial charge is 0.326 e. The van der Waals surface area contributed by atoms with Gasteiger partial charge in [0.2, 0.25) is 11.8 Å². The Morgan fingerprint density at radius 3 is 1.92 bits per heavy atom. The van der Waals surface area contributed by atoms with Crippen LogP contribution < -0.4 is 16.4 Å². The molecular weight excluding hydrogens is 330 g/mol. The fraction of sp³-hybridized carbons (Fsp3) is 0.750. The van der Waals surface area contributed by atoms with Gasteiger partial charge in [-0.1, -0.05) is 41.0 Å². The molecule has 0 aromatic heterocycles. The van der Waals surface area contributed by atoms with Gasteiger partial charge < -0.3 is 26.6 Å². The summed E-state index contributed by atoms with van der Waals surface area (Å²) < 4.78 is 0. The third kappa shape index (κ3) is 7.51. The number of nitrogens with two attached hydrogens (primary N) is 1. The Hall–Kier alpha value is -2.16. The summed E-state index contributed by atoms with van der Waals surface area (Å²) in [7, 11) is 0. The maximum Gasteiger partial charge on any atom is 0.326 e. The summed E-state index contributed by atoms with van der Waals surface area (Å²) >= 11 is 0. The van der Waals surface area contributed by atoms with Crippen LogP contribution in [0.15, 0.2) is 0 Å². The number of amides is 2. The largest absolute Gasteiger partial charge is 0.481 e. The Labute approximate surface area is 147 Å². The van der Waals surface area contributed by atoms with Gasteiger partial charge in [0.05, 0.1) is 12.5 Å². The molecule has 0 rings (SSSR count). The standard InChI is InChI=1S/C16H29N3O6/c1-6-8(2)11(15(24)25)19-13(22)9(7-10(20)21)18-14(23)12(17)16(3,4)5/h8-9,11-12H,6-7,17H2,1-5H3,(H,18,23)(H,19,22)(H,20,21)(H,24,25)/t8-,9-,11-,12+/m0/s1. The topological polar surface area (TPSA) is 159 Å². The van der Waals surface area contributed by atoms with E-state index in [-0.39, 0.29) is 5.92 Å². The molecule has 0 heterocycles. The lowest BCUT2D eigenvalue weighted by Crippen LogP contribution is -2.57. The Bertz CT molecular complexity index is 514. The molecule has 0 aliphatic rings. The summed E-state index contributed by atoms with van der Waals surface area (Å²) in [5.74, 6) is -4.44. The maximum atomic E-state index is 12.3. The average molecular weight is 359 g/mol. The Kier molecular flexibility index (Phi) is 8.55. The van der Waals surface area contributed by atoms with Crippen LogP contribution in [0.4, 0.5) is 0 Å². The second-order valence-corrected chi connectivity index (χ2v) is 7.21. The second kappa shape index (κ2) is 9.36. The van der Waals surface area contributed by atoms with E-state index in [2.05, 4.69) is 10.6 Å². The summed E-state index contributed by atoms with van der Waals surface area (Å²) in [6.07, 6.45) is -0.177. The highest BCUT2D eigenvalue weighted by Crippen LogP contribution is 2.17. The van der Waals surface area contributed by atoms with Crippen molar-refractivity contribution in [3.05, 3.63) is 0 Å². The molecule has 0 saturated heterocycles. The van der Waals surface area contributed by atoms with Crippen LogP contribution in [0, 0.1) is 11.3 Å². The van der Waals surface area contributed by atoms with E-state index in [1.54, 1.807) is 34.6 Å². The molecule has 2 amide bonds.